The van der Waals surface area contributed by atoms with E-state index in [1.54, 1.807) is 11.8 Å². The Balaban J connectivity index is 2.57. The summed E-state index contributed by atoms with van der Waals surface area (Å²) in [6, 6.07) is 2.15. The number of hydrogen-bond acceptors (Lipinski definition) is 2. The lowest BCUT2D eigenvalue weighted by Gasteiger charge is -2.07. The van der Waals surface area contributed by atoms with Crippen molar-refractivity contribution < 1.29 is 13.6 Å². The molecule has 0 radical (unpaired) electrons. The van der Waals surface area contributed by atoms with Gasteiger partial charge in [-0.2, -0.15) is 11.8 Å². The first-order valence-electron chi connectivity index (χ1n) is 5.48. The summed E-state index contributed by atoms with van der Waals surface area (Å²) in [5.74, 6) is -1.41. The van der Waals surface area contributed by atoms with Gasteiger partial charge in [0.2, 0.25) is 0 Å². The minimum absolute atomic E-state index is 0.272. The monoisotopic (exact) mass is 337 g/mol. The molecule has 2 nitrogen and oxygen atoms in total. The highest BCUT2D eigenvalue weighted by Crippen LogP contribution is 2.19. The number of halogens is 3. The molecule has 1 aromatic rings. The van der Waals surface area contributed by atoms with Crippen LogP contribution in [0.4, 0.5) is 8.78 Å². The molecule has 0 fully saturated rings. The molecule has 0 heterocycles. The summed E-state index contributed by atoms with van der Waals surface area (Å²) < 4.78 is 27.2. The smallest absolute Gasteiger partial charge is 0.257 e. The van der Waals surface area contributed by atoms with Crippen LogP contribution in [0.5, 0.6) is 0 Å². The minimum atomic E-state index is -0.858. The SMILES string of the molecule is CSCCCCNC(=O)c1c(F)cc(Br)cc1F. The highest BCUT2D eigenvalue weighted by atomic mass is 79.9. The third-order valence-electron chi connectivity index (χ3n) is 2.29. The quantitative estimate of drug-likeness (QED) is 0.803. The van der Waals surface area contributed by atoms with E-state index in [1.165, 1.54) is 0 Å². The zero-order valence-electron chi connectivity index (χ0n) is 9.93. The van der Waals surface area contributed by atoms with Gasteiger partial charge in [-0.3, -0.25) is 4.79 Å². The lowest BCUT2D eigenvalue weighted by atomic mass is 10.2. The van der Waals surface area contributed by atoms with Crippen molar-refractivity contribution in [2.24, 2.45) is 0 Å². The van der Waals surface area contributed by atoms with Crippen LogP contribution in [0, 0.1) is 11.6 Å². The lowest BCUT2D eigenvalue weighted by Crippen LogP contribution is -2.26. The van der Waals surface area contributed by atoms with Crippen LogP contribution in [0.3, 0.4) is 0 Å². The second-order valence-electron chi connectivity index (χ2n) is 3.70. The van der Waals surface area contributed by atoms with Crippen LogP contribution in [-0.4, -0.2) is 24.5 Å². The third-order valence-corrected chi connectivity index (χ3v) is 3.45. The van der Waals surface area contributed by atoms with E-state index in [4.69, 9.17) is 0 Å². The number of amides is 1. The van der Waals surface area contributed by atoms with Crippen LogP contribution in [0.2, 0.25) is 0 Å². The number of unbranched alkanes of at least 4 members (excludes halogenated alkanes) is 1. The standard InChI is InChI=1S/C12H14BrF2NOS/c1-18-5-3-2-4-16-12(17)11-9(14)6-8(13)7-10(11)15/h6-7H,2-5H2,1H3,(H,16,17). The van der Waals surface area contributed by atoms with Crippen molar-refractivity contribution in [2.45, 2.75) is 12.8 Å². The molecule has 0 aromatic heterocycles. The minimum Gasteiger partial charge on any atom is -0.352 e. The molecule has 1 N–H and O–H groups in total. The summed E-state index contributed by atoms with van der Waals surface area (Å²) in [6.45, 7) is 0.425. The van der Waals surface area contributed by atoms with Crippen molar-refractivity contribution in [3.05, 3.63) is 33.8 Å². The van der Waals surface area contributed by atoms with E-state index in [0.29, 0.717) is 6.54 Å². The van der Waals surface area contributed by atoms with E-state index in [1.807, 2.05) is 6.26 Å². The Labute approximate surface area is 118 Å². The Morgan fingerprint density at radius 1 is 1.33 bits per heavy atom. The molecule has 0 saturated heterocycles. The van der Waals surface area contributed by atoms with Gasteiger partial charge in [-0.15, -0.1) is 0 Å². The summed E-state index contributed by atoms with van der Waals surface area (Å²) >= 11 is 4.69. The predicted molar refractivity (Wildman–Crippen MR) is 74.0 cm³/mol. The summed E-state index contributed by atoms with van der Waals surface area (Å²) in [7, 11) is 0. The Hall–Kier alpha value is -0.620. The fourth-order valence-corrected chi connectivity index (χ4v) is 2.32. The maximum atomic E-state index is 13.5. The Kier molecular flexibility index (Phi) is 6.63. The molecule has 0 atom stereocenters. The van der Waals surface area contributed by atoms with Crippen LogP contribution in [-0.2, 0) is 0 Å². The molecular weight excluding hydrogens is 324 g/mol. The second kappa shape index (κ2) is 7.74. The van der Waals surface area contributed by atoms with Gasteiger partial charge in [0.05, 0.1) is 0 Å². The topological polar surface area (TPSA) is 29.1 Å². The van der Waals surface area contributed by atoms with Gasteiger partial charge in [0.1, 0.15) is 17.2 Å². The Morgan fingerprint density at radius 3 is 2.50 bits per heavy atom. The molecule has 0 saturated carbocycles. The van der Waals surface area contributed by atoms with Gasteiger partial charge in [0.25, 0.3) is 5.91 Å². The van der Waals surface area contributed by atoms with Crippen molar-refractivity contribution in [2.75, 3.05) is 18.6 Å². The van der Waals surface area contributed by atoms with E-state index < -0.39 is 23.1 Å². The highest BCUT2D eigenvalue weighted by Gasteiger charge is 2.17. The Bertz CT molecular complexity index is 406. The third kappa shape index (κ3) is 4.57. The summed E-state index contributed by atoms with van der Waals surface area (Å²) in [6.07, 6.45) is 3.77. The molecule has 100 valence electrons. The highest BCUT2D eigenvalue weighted by molar-refractivity contribution is 9.10. The van der Waals surface area contributed by atoms with Gasteiger partial charge in [-0.1, -0.05) is 15.9 Å². The fraction of sp³-hybridized carbons (Fsp3) is 0.417. The van der Waals surface area contributed by atoms with Crippen LogP contribution >= 0.6 is 27.7 Å². The van der Waals surface area contributed by atoms with E-state index >= 15 is 0 Å². The van der Waals surface area contributed by atoms with Gasteiger partial charge in [0, 0.05) is 11.0 Å². The predicted octanol–water partition coefficient (Wildman–Crippen LogP) is 3.60. The van der Waals surface area contributed by atoms with E-state index in [2.05, 4.69) is 21.2 Å². The number of carbonyl (C=O) groups excluding carboxylic acids is 1. The molecule has 1 aromatic carbocycles. The molecule has 0 spiro atoms. The van der Waals surface area contributed by atoms with Crippen molar-refractivity contribution >= 4 is 33.6 Å². The zero-order valence-corrected chi connectivity index (χ0v) is 12.3. The van der Waals surface area contributed by atoms with Gasteiger partial charge in [-0.25, -0.2) is 8.78 Å². The summed E-state index contributed by atoms with van der Waals surface area (Å²) in [5.41, 5.74) is -0.525. The zero-order chi connectivity index (χ0) is 13.5. The average Bonchev–Trinajstić information content (AvgIpc) is 2.27. The van der Waals surface area contributed by atoms with Crippen LogP contribution in [0.25, 0.3) is 0 Å². The van der Waals surface area contributed by atoms with Crippen molar-refractivity contribution in [3.8, 4) is 0 Å². The number of hydrogen-bond donors (Lipinski definition) is 1. The summed E-state index contributed by atoms with van der Waals surface area (Å²) in [4.78, 5) is 11.6. The number of nitrogens with one attached hydrogen (secondary N) is 1. The largest absolute Gasteiger partial charge is 0.352 e. The fourth-order valence-electron chi connectivity index (χ4n) is 1.42. The van der Waals surface area contributed by atoms with Gasteiger partial charge >= 0.3 is 0 Å². The number of rotatable bonds is 6. The number of benzene rings is 1. The van der Waals surface area contributed by atoms with Gasteiger partial charge in [0.15, 0.2) is 0 Å². The first kappa shape index (κ1) is 15.4. The van der Waals surface area contributed by atoms with Crippen LogP contribution < -0.4 is 5.32 Å². The molecule has 0 unspecified atom stereocenters. The molecule has 6 heteroatoms. The van der Waals surface area contributed by atoms with Gasteiger partial charge in [-0.05, 0) is 37.0 Å². The average molecular weight is 338 g/mol. The van der Waals surface area contributed by atoms with E-state index in [-0.39, 0.29) is 4.47 Å². The van der Waals surface area contributed by atoms with Crippen molar-refractivity contribution in [1.29, 1.82) is 0 Å². The number of thioether (sulfide) groups is 1. The second-order valence-corrected chi connectivity index (χ2v) is 5.60. The molecule has 0 aliphatic heterocycles. The molecule has 1 amide bonds. The molecule has 0 bridgehead atoms. The lowest BCUT2D eigenvalue weighted by molar-refractivity contribution is 0.0944. The molecule has 1 rings (SSSR count). The summed E-state index contributed by atoms with van der Waals surface area (Å²) in [5, 5.41) is 2.52. The van der Waals surface area contributed by atoms with Crippen LogP contribution in [0.1, 0.15) is 23.2 Å². The molecule has 0 aliphatic carbocycles. The van der Waals surface area contributed by atoms with Crippen LogP contribution in [0.15, 0.2) is 16.6 Å². The molecule has 18 heavy (non-hydrogen) atoms. The normalized spacial score (nSPS) is 10.4. The number of carbonyl (C=O) groups is 1. The van der Waals surface area contributed by atoms with Gasteiger partial charge < -0.3 is 5.32 Å². The molecular formula is C12H14BrF2NOS. The maximum absolute atomic E-state index is 13.5. The molecule has 0 aliphatic rings. The maximum Gasteiger partial charge on any atom is 0.257 e. The first-order valence-corrected chi connectivity index (χ1v) is 7.66. The first-order chi connectivity index (χ1) is 8.56. The van der Waals surface area contributed by atoms with E-state index in [0.717, 1.165) is 30.7 Å². The van der Waals surface area contributed by atoms with Crippen molar-refractivity contribution in [1.82, 2.24) is 5.32 Å². The Morgan fingerprint density at radius 2 is 1.94 bits per heavy atom. The van der Waals surface area contributed by atoms with Crippen molar-refractivity contribution in [3.63, 3.8) is 0 Å². The van der Waals surface area contributed by atoms with E-state index in [9.17, 15) is 13.6 Å².